The fourth-order valence-electron chi connectivity index (χ4n) is 1.37. The SMILES string of the molecule is COc1ccc(-c2nc(Cl)cc(OC)n2)cc1. The van der Waals surface area contributed by atoms with Crippen LogP contribution in [-0.2, 0) is 0 Å². The number of hydrogen-bond acceptors (Lipinski definition) is 4. The molecule has 0 N–H and O–H groups in total. The van der Waals surface area contributed by atoms with E-state index in [0.717, 1.165) is 11.3 Å². The molecular formula is C12H11ClN2O2. The van der Waals surface area contributed by atoms with E-state index < -0.39 is 0 Å². The Labute approximate surface area is 104 Å². The summed E-state index contributed by atoms with van der Waals surface area (Å²) in [6.45, 7) is 0. The number of aromatic nitrogens is 2. The molecule has 0 bridgehead atoms. The molecule has 5 heteroatoms. The Hall–Kier alpha value is -1.81. The van der Waals surface area contributed by atoms with Gasteiger partial charge in [0.05, 0.1) is 14.2 Å². The number of ether oxygens (including phenoxy) is 2. The number of benzene rings is 1. The largest absolute Gasteiger partial charge is 0.497 e. The van der Waals surface area contributed by atoms with Gasteiger partial charge in [-0.1, -0.05) is 11.6 Å². The molecule has 4 nitrogen and oxygen atoms in total. The summed E-state index contributed by atoms with van der Waals surface area (Å²) in [5, 5.41) is 0.350. The van der Waals surface area contributed by atoms with Crippen molar-refractivity contribution in [1.29, 1.82) is 0 Å². The van der Waals surface area contributed by atoms with Crippen LogP contribution in [0.3, 0.4) is 0 Å². The third-order valence-electron chi connectivity index (χ3n) is 2.23. The Bertz CT molecular complexity index is 514. The number of rotatable bonds is 3. The Morgan fingerprint density at radius 1 is 1.00 bits per heavy atom. The Balaban J connectivity index is 2.41. The quantitative estimate of drug-likeness (QED) is 0.786. The highest BCUT2D eigenvalue weighted by Gasteiger charge is 2.06. The maximum absolute atomic E-state index is 5.88. The number of hydrogen-bond donors (Lipinski definition) is 0. The molecule has 0 fully saturated rings. The fourth-order valence-corrected chi connectivity index (χ4v) is 1.54. The van der Waals surface area contributed by atoms with Gasteiger partial charge in [0.25, 0.3) is 0 Å². The van der Waals surface area contributed by atoms with Gasteiger partial charge < -0.3 is 9.47 Å². The molecule has 0 unspecified atom stereocenters. The summed E-state index contributed by atoms with van der Waals surface area (Å²) >= 11 is 5.88. The van der Waals surface area contributed by atoms with Crippen LogP contribution < -0.4 is 9.47 Å². The Morgan fingerprint density at radius 2 is 1.71 bits per heavy atom. The molecule has 0 radical (unpaired) electrons. The van der Waals surface area contributed by atoms with Gasteiger partial charge >= 0.3 is 0 Å². The highest BCUT2D eigenvalue weighted by molar-refractivity contribution is 6.29. The highest BCUT2D eigenvalue weighted by Crippen LogP contribution is 2.23. The molecule has 17 heavy (non-hydrogen) atoms. The van der Waals surface area contributed by atoms with E-state index in [9.17, 15) is 0 Å². The van der Waals surface area contributed by atoms with E-state index in [1.54, 1.807) is 13.2 Å². The summed E-state index contributed by atoms with van der Waals surface area (Å²) in [5.74, 6) is 1.75. The lowest BCUT2D eigenvalue weighted by Crippen LogP contribution is -1.94. The predicted octanol–water partition coefficient (Wildman–Crippen LogP) is 2.81. The van der Waals surface area contributed by atoms with E-state index in [1.807, 2.05) is 24.3 Å². The van der Waals surface area contributed by atoms with E-state index >= 15 is 0 Å². The molecule has 0 saturated heterocycles. The minimum atomic E-state index is 0.350. The van der Waals surface area contributed by atoms with Gasteiger partial charge in [-0.3, -0.25) is 0 Å². The van der Waals surface area contributed by atoms with Crippen molar-refractivity contribution in [3.8, 4) is 23.0 Å². The van der Waals surface area contributed by atoms with Crippen LogP contribution in [0.2, 0.25) is 5.15 Å². The van der Waals surface area contributed by atoms with Crippen molar-refractivity contribution in [3.05, 3.63) is 35.5 Å². The summed E-state index contributed by atoms with van der Waals surface area (Å²) in [5.41, 5.74) is 0.853. The molecule has 0 aliphatic carbocycles. The van der Waals surface area contributed by atoms with Crippen molar-refractivity contribution in [1.82, 2.24) is 9.97 Å². The maximum atomic E-state index is 5.88. The summed E-state index contributed by atoms with van der Waals surface area (Å²) in [6, 6.07) is 8.97. The average molecular weight is 251 g/mol. The Kier molecular flexibility index (Phi) is 3.44. The lowest BCUT2D eigenvalue weighted by molar-refractivity contribution is 0.397. The smallest absolute Gasteiger partial charge is 0.218 e. The van der Waals surface area contributed by atoms with Crippen LogP contribution in [0.15, 0.2) is 30.3 Å². The van der Waals surface area contributed by atoms with Crippen LogP contribution in [0.5, 0.6) is 11.6 Å². The molecule has 2 rings (SSSR count). The third kappa shape index (κ3) is 2.65. The first-order chi connectivity index (χ1) is 8.22. The van der Waals surface area contributed by atoms with E-state index in [4.69, 9.17) is 21.1 Å². The third-order valence-corrected chi connectivity index (χ3v) is 2.42. The first kappa shape index (κ1) is 11.7. The van der Waals surface area contributed by atoms with Gasteiger partial charge in [-0.2, -0.15) is 4.98 Å². The lowest BCUT2D eigenvalue weighted by atomic mass is 10.2. The van der Waals surface area contributed by atoms with Gasteiger partial charge in [-0.05, 0) is 24.3 Å². The van der Waals surface area contributed by atoms with Crippen molar-refractivity contribution < 1.29 is 9.47 Å². The summed E-state index contributed by atoms with van der Waals surface area (Å²) in [6.07, 6.45) is 0. The number of halogens is 1. The summed E-state index contributed by atoms with van der Waals surface area (Å²) in [4.78, 5) is 8.36. The average Bonchev–Trinajstić information content (AvgIpc) is 2.38. The van der Waals surface area contributed by atoms with E-state index in [2.05, 4.69) is 9.97 Å². The molecule has 0 amide bonds. The normalized spacial score (nSPS) is 10.1. The van der Waals surface area contributed by atoms with Crippen molar-refractivity contribution >= 4 is 11.6 Å². The molecular weight excluding hydrogens is 240 g/mol. The predicted molar refractivity (Wildman–Crippen MR) is 65.6 cm³/mol. The van der Waals surface area contributed by atoms with Crippen LogP contribution in [0, 0.1) is 0 Å². The van der Waals surface area contributed by atoms with Gasteiger partial charge in [-0.25, -0.2) is 4.98 Å². The minimum Gasteiger partial charge on any atom is -0.497 e. The highest BCUT2D eigenvalue weighted by atomic mass is 35.5. The van der Waals surface area contributed by atoms with E-state index in [1.165, 1.54) is 7.11 Å². The van der Waals surface area contributed by atoms with Crippen molar-refractivity contribution in [3.63, 3.8) is 0 Å². The molecule has 2 aromatic rings. The standard InChI is InChI=1S/C12H11ClN2O2/c1-16-9-5-3-8(4-6-9)12-14-10(13)7-11(15-12)17-2/h3-7H,1-2H3. The lowest BCUT2D eigenvalue weighted by Gasteiger charge is -2.05. The second-order valence-electron chi connectivity index (χ2n) is 3.29. The van der Waals surface area contributed by atoms with Gasteiger partial charge in [0.15, 0.2) is 5.82 Å². The van der Waals surface area contributed by atoms with E-state index in [-0.39, 0.29) is 0 Å². The van der Waals surface area contributed by atoms with Crippen molar-refractivity contribution in [2.24, 2.45) is 0 Å². The second kappa shape index (κ2) is 5.01. The van der Waals surface area contributed by atoms with Gasteiger partial charge in [0.2, 0.25) is 5.88 Å². The molecule has 0 spiro atoms. The molecule has 88 valence electrons. The number of nitrogens with zero attached hydrogens (tertiary/aromatic N) is 2. The minimum absolute atomic E-state index is 0.350. The molecule has 1 aromatic carbocycles. The van der Waals surface area contributed by atoms with Crippen LogP contribution >= 0.6 is 11.6 Å². The van der Waals surface area contributed by atoms with Crippen LogP contribution in [0.1, 0.15) is 0 Å². The molecule has 1 heterocycles. The molecule has 0 aliphatic heterocycles. The topological polar surface area (TPSA) is 44.2 Å². The van der Waals surface area contributed by atoms with Crippen molar-refractivity contribution in [2.75, 3.05) is 14.2 Å². The Morgan fingerprint density at radius 3 is 2.29 bits per heavy atom. The monoisotopic (exact) mass is 250 g/mol. The van der Waals surface area contributed by atoms with Crippen molar-refractivity contribution in [2.45, 2.75) is 0 Å². The first-order valence-corrected chi connectivity index (χ1v) is 5.33. The maximum Gasteiger partial charge on any atom is 0.218 e. The molecule has 0 saturated carbocycles. The van der Waals surface area contributed by atoms with Gasteiger partial charge in [0, 0.05) is 11.6 Å². The van der Waals surface area contributed by atoms with Crippen LogP contribution in [0.25, 0.3) is 11.4 Å². The number of methoxy groups -OCH3 is 2. The van der Waals surface area contributed by atoms with Gasteiger partial charge in [0.1, 0.15) is 10.9 Å². The van der Waals surface area contributed by atoms with Gasteiger partial charge in [-0.15, -0.1) is 0 Å². The van der Waals surface area contributed by atoms with Crippen LogP contribution in [0.4, 0.5) is 0 Å². The van der Waals surface area contributed by atoms with E-state index in [0.29, 0.717) is 16.9 Å². The van der Waals surface area contributed by atoms with Crippen LogP contribution in [-0.4, -0.2) is 24.2 Å². The zero-order chi connectivity index (χ0) is 12.3. The molecule has 0 atom stereocenters. The second-order valence-corrected chi connectivity index (χ2v) is 3.67. The first-order valence-electron chi connectivity index (χ1n) is 4.96. The zero-order valence-electron chi connectivity index (χ0n) is 9.48. The fraction of sp³-hybridized carbons (Fsp3) is 0.167. The molecule has 0 aliphatic rings. The summed E-state index contributed by atoms with van der Waals surface area (Å²) in [7, 11) is 3.16. The summed E-state index contributed by atoms with van der Waals surface area (Å²) < 4.78 is 10.1. The zero-order valence-corrected chi connectivity index (χ0v) is 10.2. The molecule has 1 aromatic heterocycles.